The Kier molecular flexibility index (Phi) is 4.47. The second-order valence-electron chi connectivity index (χ2n) is 5.73. The Hall–Kier alpha value is -2.54. The highest BCUT2D eigenvalue weighted by Gasteiger charge is 2.11. The van der Waals surface area contributed by atoms with Crippen LogP contribution in [-0.4, -0.2) is 36.0 Å². The van der Waals surface area contributed by atoms with Gasteiger partial charge in [-0.05, 0) is 49.4 Å². The summed E-state index contributed by atoms with van der Waals surface area (Å²) < 4.78 is 3.77. The van der Waals surface area contributed by atoms with Gasteiger partial charge in [-0.2, -0.15) is 9.78 Å². The van der Waals surface area contributed by atoms with E-state index >= 15 is 0 Å². The zero-order chi connectivity index (χ0) is 16.2. The maximum absolute atomic E-state index is 4.49. The zero-order valence-electron chi connectivity index (χ0n) is 13.6. The number of tetrazole rings is 1. The van der Waals surface area contributed by atoms with E-state index in [0.29, 0.717) is 6.54 Å². The summed E-state index contributed by atoms with van der Waals surface area (Å²) in [5, 5.41) is 19.9. The lowest BCUT2D eigenvalue weighted by Gasteiger charge is -2.14. The molecule has 1 unspecified atom stereocenters. The number of benzene rings is 1. The number of hydrogen-bond donors (Lipinski definition) is 1. The van der Waals surface area contributed by atoms with Gasteiger partial charge in [0.05, 0.1) is 24.5 Å². The summed E-state index contributed by atoms with van der Waals surface area (Å²) in [7, 11) is 0. The van der Waals surface area contributed by atoms with E-state index in [1.54, 1.807) is 4.68 Å². The molecule has 7 nitrogen and oxygen atoms in total. The van der Waals surface area contributed by atoms with E-state index in [1.807, 2.05) is 41.9 Å². The Balaban J connectivity index is 1.63. The molecule has 1 atom stereocenters. The van der Waals surface area contributed by atoms with Crippen LogP contribution in [0.5, 0.6) is 0 Å². The fourth-order valence-corrected chi connectivity index (χ4v) is 2.53. The van der Waals surface area contributed by atoms with Crippen molar-refractivity contribution in [1.82, 2.24) is 35.3 Å². The number of rotatable bonds is 6. The third kappa shape index (κ3) is 3.62. The van der Waals surface area contributed by atoms with E-state index < -0.39 is 0 Å². The van der Waals surface area contributed by atoms with Crippen molar-refractivity contribution in [3.05, 3.63) is 53.6 Å². The molecule has 0 fully saturated rings. The number of aromatic nitrogens is 6. The van der Waals surface area contributed by atoms with Gasteiger partial charge in [-0.25, -0.2) is 0 Å². The molecule has 120 valence electrons. The van der Waals surface area contributed by atoms with Crippen LogP contribution >= 0.6 is 0 Å². The van der Waals surface area contributed by atoms with Gasteiger partial charge in [0.15, 0.2) is 5.82 Å². The van der Waals surface area contributed by atoms with Crippen LogP contribution < -0.4 is 5.32 Å². The minimum absolute atomic E-state index is 0.258. The predicted molar refractivity (Wildman–Crippen MR) is 87.2 cm³/mol. The number of hydrogen-bond acceptors (Lipinski definition) is 5. The Morgan fingerprint density at radius 1 is 1.17 bits per heavy atom. The van der Waals surface area contributed by atoms with Crippen molar-refractivity contribution in [1.29, 1.82) is 0 Å². The lowest BCUT2D eigenvalue weighted by Crippen LogP contribution is -2.31. The molecule has 0 saturated heterocycles. The van der Waals surface area contributed by atoms with Gasteiger partial charge in [0.1, 0.15) is 0 Å². The van der Waals surface area contributed by atoms with Crippen LogP contribution in [0.3, 0.4) is 0 Å². The quantitative estimate of drug-likeness (QED) is 0.749. The summed E-state index contributed by atoms with van der Waals surface area (Å²) in [5.41, 5.74) is 3.17. The summed E-state index contributed by atoms with van der Waals surface area (Å²) in [6.45, 7) is 7.63. The second-order valence-corrected chi connectivity index (χ2v) is 5.73. The highest BCUT2D eigenvalue weighted by Crippen LogP contribution is 2.07. The van der Waals surface area contributed by atoms with Crippen LogP contribution in [0.2, 0.25) is 0 Å². The molecule has 0 radical (unpaired) electrons. The lowest BCUT2D eigenvalue weighted by molar-refractivity contribution is 0.437. The van der Waals surface area contributed by atoms with Crippen LogP contribution in [0.15, 0.2) is 36.4 Å². The first kappa shape index (κ1) is 15.4. The van der Waals surface area contributed by atoms with Crippen molar-refractivity contribution in [3.63, 3.8) is 0 Å². The molecule has 3 aromatic rings. The van der Waals surface area contributed by atoms with Crippen molar-refractivity contribution < 1.29 is 0 Å². The third-order valence-corrected chi connectivity index (χ3v) is 3.69. The Labute approximate surface area is 135 Å². The molecule has 0 spiro atoms. The molecular weight excluding hydrogens is 290 g/mol. The molecule has 2 heterocycles. The van der Waals surface area contributed by atoms with E-state index in [-0.39, 0.29) is 6.04 Å². The molecule has 0 aliphatic rings. The van der Waals surface area contributed by atoms with Crippen molar-refractivity contribution >= 4 is 0 Å². The van der Waals surface area contributed by atoms with Crippen molar-refractivity contribution in [2.45, 2.75) is 39.9 Å². The normalized spacial score (nSPS) is 12.5. The molecule has 1 N–H and O–H groups in total. The molecule has 0 bridgehead atoms. The van der Waals surface area contributed by atoms with E-state index in [4.69, 9.17) is 0 Å². The molecule has 0 saturated carbocycles. The second kappa shape index (κ2) is 6.70. The van der Waals surface area contributed by atoms with E-state index in [1.165, 1.54) is 5.69 Å². The SMILES string of the molecule is Cc1cc(C)n(CC(C)NCc2nnnn2-c2ccccc2)n1. The third-order valence-electron chi connectivity index (χ3n) is 3.69. The zero-order valence-corrected chi connectivity index (χ0v) is 13.6. The van der Waals surface area contributed by atoms with E-state index in [2.05, 4.69) is 45.9 Å². The Bertz CT molecular complexity index is 760. The summed E-state index contributed by atoms with van der Waals surface area (Å²) >= 11 is 0. The topological polar surface area (TPSA) is 73.5 Å². The molecule has 0 amide bonds. The minimum atomic E-state index is 0.258. The van der Waals surface area contributed by atoms with Gasteiger partial charge in [-0.15, -0.1) is 5.10 Å². The van der Waals surface area contributed by atoms with Gasteiger partial charge in [-0.1, -0.05) is 18.2 Å². The summed E-state index contributed by atoms with van der Waals surface area (Å²) in [4.78, 5) is 0. The van der Waals surface area contributed by atoms with Crippen molar-refractivity contribution in [3.8, 4) is 5.69 Å². The monoisotopic (exact) mass is 311 g/mol. The molecular formula is C16H21N7. The van der Waals surface area contributed by atoms with Crippen LogP contribution in [-0.2, 0) is 13.1 Å². The average molecular weight is 311 g/mol. The highest BCUT2D eigenvalue weighted by atomic mass is 15.5. The summed E-state index contributed by atoms with van der Waals surface area (Å²) in [5.74, 6) is 0.788. The van der Waals surface area contributed by atoms with Crippen LogP contribution in [0.4, 0.5) is 0 Å². The molecule has 3 rings (SSSR count). The number of aryl methyl sites for hydroxylation is 2. The maximum Gasteiger partial charge on any atom is 0.170 e. The fraction of sp³-hybridized carbons (Fsp3) is 0.375. The molecule has 0 aliphatic carbocycles. The molecule has 1 aromatic carbocycles. The molecule has 2 aromatic heterocycles. The van der Waals surface area contributed by atoms with Crippen molar-refractivity contribution in [2.75, 3.05) is 0 Å². The lowest BCUT2D eigenvalue weighted by atomic mass is 10.3. The number of nitrogens with zero attached hydrogens (tertiary/aromatic N) is 6. The smallest absolute Gasteiger partial charge is 0.170 e. The van der Waals surface area contributed by atoms with Gasteiger partial charge >= 0.3 is 0 Å². The van der Waals surface area contributed by atoms with Gasteiger partial charge in [0.2, 0.25) is 0 Å². The molecule has 7 heteroatoms. The summed E-state index contributed by atoms with van der Waals surface area (Å²) in [6.07, 6.45) is 0. The van der Waals surface area contributed by atoms with Crippen LogP contribution in [0.1, 0.15) is 24.1 Å². The van der Waals surface area contributed by atoms with E-state index in [0.717, 1.165) is 23.8 Å². The summed E-state index contributed by atoms with van der Waals surface area (Å²) in [6, 6.07) is 12.2. The maximum atomic E-state index is 4.49. The van der Waals surface area contributed by atoms with Gasteiger partial charge in [0.25, 0.3) is 0 Å². The predicted octanol–water partition coefficient (Wildman–Crippen LogP) is 1.65. The Morgan fingerprint density at radius 2 is 1.96 bits per heavy atom. The standard InChI is InChI=1S/C16H21N7/c1-12-9-14(3)22(19-12)11-13(2)17-10-16-18-20-21-23(16)15-7-5-4-6-8-15/h4-9,13,17H,10-11H2,1-3H3. The van der Waals surface area contributed by atoms with E-state index in [9.17, 15) is 0 Å². The van der Waals surface area contributed by atoms with Gasteiger partial charge in [0, 0.05) is 11.7 Å². The minimum Gasteiger partial charge on any atom is -0.305 e. The first-order valence-corrected chi connectivity index (χ1v) is 7.70. The number of nitrogens with one attached hydrogen (secondary N) is 1. The average Bonchev–Trinajstić information content (AvgIpc) is 3.13. The van der Waals surface area contributed by atoms with Crippen molar-refractivity contribution in [2.24, 2.45) is 0 Å². The highest BCUT2D eigenvalue weighted by molar-refractivity contribution is 5.30. The van der Waals surface area contributed by atoms with Gasteiger partial charge < -0.3 is 5.32 Å². The van der Waals surface area contributed by atoms with Gasteiger partial charge in [-0.3, -0.25) is 4.68 Å². The Morgan fingerprint density at radius 3 is 2.65 bits per heavy atom. The van der Waals surface area contributed by atoms with Crippen LogP contribution in [0.25, 0.3) is 5.69 Å². The first-order chi connectivity index (χ1) is 11.1. The first-order valence-electron chi connectivity index (χ1n) is 7.70. The fourth-order valence-electron chi connectivity index (χ4n) is 2.53. The molecule has 23 heavy (non-hydrogen) atoms. The molecule has 0 aliphatic heterocycles. The largest absolute Gasteiger partial charge is 0.305 e. The number of para-hydroxylation sites is 1. The van der Waals surface area contributed by atoms with Crippen LogP contribution in [0, 0.1) is 13.8 Å².